The first-order valence-electron chi connectivity index (χ1n) is 4.40. The van der Waals surface area contributed by atoms with Crippen LogP contribution in [0.4, 0.5) is 0 Å². The van der Waals surface area contributed by atoms with Gasteiger partial charge in [-0.2, -0.15) is 0 Å². The second-order valence-corrected chi connectivity index (χ2v) is 3.21. The SMILES string of the molecule is Cc1cncc(C(O)c2ccco2)c1. The normalized spacial score (nSPS) is 12.7. The lowest BCUT2D eigenvalue weighted by molar-refractivity contribution is 0.189. The minimum absolute atomic E-state index is 0.539. The van der Waals surface area contributed by atoms with Crippen molar-refractivity contribution in [3.63, 3.8) is 0 Å². The number of aromatic nitrogens is 1. The molecule has 2 aromatic heterocycles. The van der Waals surface area contributed by atoms with Crippen molar-refractivity contribution in [1.29, 1.82) is 0 Å². The smallest absolute Gasteiger partial charge is 0.138 e. The zero-order chi connectivity index (χ0) is 9.97. The van der Waals surface area contributed by atoms with Gasteiger partial charge in [-0.05, 0) is 30.7 Å². The van der Waals surface area contributed by atoms with Crippen LogP contribution in [0.5, 0.6) is 0 Å². The van der Waals surface area contributed by atoms with E-state index in [-0.39, 0.29) is 0 Å². The Labute approximate surface area is 82.0 Å². The van der Waals surface area contributed by atoms with Crippen LogP contribution < -0.4 is 0 Å². The fraction of sp³-hybridized carbons (Fsp3) is 0.182. The highest BCUT2D eigenvalue weighted by molar-refractivity contribution is 5.24. The third kappa shape index (κ3) is 1.67. The van der Waals surface area contributed by atoms with Crippen LogP contribution >= 0.6 is 0 Å². The molecule has 0 aromatic carbocycles. The summed E-state index contributed by atoms with van der Waals surface area (Å²) in [7, 11) is 0. The van der Waals surface area contributed by atoms with E-state index in [4.69, 9.17) is 4.42 Å². The molecule has 0 bridgehead atoms. The van der Waals surface area contributed by atoms with Crippen LogP contribution in [0.3, 0.4) is 0 Å². The van der Waals surface area contributed by atoms with Gasteiger partial charge in [-0.3, -0.25) is 4.98 Å². The Morgan fingerprint density at radius 1 is 1.43 bits per heavy atom. The summed E-state index contributed by atoms with van der Waals surface area (Å²) < 4.78 is 5.11. The number of furan rings is 1. The molecule has 1 atom stereocenters. The molecule has 0 saturated carbocycles. The molecule has 72 valence electrons. The van der Waals surface area contributed by atoms with Crippen molar-refractivity contribution < 1.29 is 9.52 Å². The van der Waals surface area contributed by atoms with Gasteiger partial charge in [0, 0.05) is 18.0 Å². The molecular weight excluding hydrogens is 178 g/mol. The Kier molecular flexibility index (Phi) is 2.33. The maximum Gasteiger partial charge on any atom is 0.138 e. The minimum Gasteiger partial charge on any atom is -0.466 e. The van der Waals surface area contributed by atoms with E-state index >= 15 is 0 Å². The van der Waals surface area contributed by atoms with Crippen LogP contribution in [-0.2, 0) is 0 Å². The predicted molar refractivity (Wildman–Crippen MR) is 51.7 cm³/mol. The summed E-state index contributed by atoms with van der Waals surface area (Å²) in [6.45, 7) is 1.94. The van der Waals surface area contributed by atoms with Gasteiger partial charge < -0.3 is 9.52 Å². The van der Waals surface area contributed by atoms with E-state index < -0.39 is 6.10 Å². The van der Waals surface area contributed by atoms with Crippen LogP contribution in [0.15, 0.2) is 41.3 Å². The van der Waals surface area contributed by atoms with Crippen molar-refractivity contribution in [1.82, 2.24) is 4.98 Å². The molecule has 0 spiro atoms. The molecule has 2 aromatic rings. The number of aliphatic hydroxyl groups excluding tert-OH is 1. The maximum atomic E-state index is 9.87. The van der Waals surface area contributed by atoms with Gasteiger partial charge >= 0.3 is 0 Å². The fourth-order valence-corrected chi connectivity index (χ4v) is 1.34. The van der Waals surface area contributed by atoms with E-state index in [1.807, 2.05) is 13.0 Å². The number of hydrogen-bond donors (Lipinski definition) is 1. The van der Waals surface area contributed by atoms with E-state index in [2.05, 4.69) is 4.98 Å². The van der Waals surface area contributed by atoms with Gasteiger partial charge in [-0.25, -0.2) is 0 Å². The van der Waals surface area contributed by atoms with E-state index in [1.165, 1.54) is 0 Å². The molecule has 3 nitrogen and oxygen atoms in total. The monoisotopic (exact) mass is 189 g/mol. The Hall–Kier alpha value is -1.61. The Bertz CT molecular complexity index is 409. The highest BCUT2D eigenvalue weighted by atomic mass is 16.4. The Morgan fingerprint density at radius 2 is 2.29 bits per heavy atom. The molecule has 0 amide bonds. The summed E-state index contributed by atoms with van der Waals surface area (Å²) in [4.78, 5) is 4.01. The summed E-state index contributed by atoms with van der Waals surface area (Å²) >= 11 is 0. The van der Waals surface area contributed by atoms with Gasteiger partial charge in [0.2, 0.25) is 0 Å². The Morgan fingerprint density at radius 3 is 2.93 bits per heavy atom. The molecule has 0 aliphatic rings. The molecule has 1 unspecified atom stereocenters. The molecule has 0 fully saturated rings. The molecule has 14 heavy (non-hydrogen) atoms. The van der Waals surface area contributed by atoms with E-state index in [1.54, 1.807) is 30.8 Å². The Balaban J connectivity index is 2.32. The van der Waals surface area contributed by atoms with Crippen LogP contribution in [0.25, 0.3) is 0 Å². The van der Waals surface area contributed by atoms with Gasteiger partial charge in [-0.15, -0.1) is 0 Å². The largest absolute Gasteiger partial charge is 0.466 e. The number of aryl methyl sites for hydroxylation is 1. The fourth-order valence-electron chi connectivity index (χ4n) is 1.34. The molecule has 1 N–H and O–H groups in total. The van der Waals surface area contributed by atoms with Crippen molar-refractivity contribution in [2.75, 3.05) is 0 Å². The van der Waals surface area contributed by atoms with Crippen molar-refractivity contribution in [3.8, 4) is 0 Å². The zero-order valence-corrected chi connectivity index (χ0v) is 7.84. The van der Waals surface area contributed by atoms with Crippen molar-refractivity contribution in [3.05, 3.63) is 53.7 Å². The predicted octanol–water partition coefficient (Wildman–Crippen LogP) is 2.06. The third-order valence-electron chi connectivity index (χ3n) is 2.02. The molecule has 3 heteroatoms. The van der Waals surface area contributed by atoms with Crippen molar-refractivity contribution in [2.45, 2.75) is 13.0 Å². The van der Waals surface area contributed by atoms with Crippen LogP contribution in [-0.4, -0.2) is 10.1 Å². The molecule has 0 aliphatic heterocycles. The molecule has 2 rings (SSSR count). The van der Waals surface area contributed by atoms with E-state index in [0.717, 1.165) is 11.1 Å². The van der Waals surface area contributed by atoms with Gasteiger partial charge in [-0.1, -0.05) is 0 Å². The zero-order valence-electron chi connectivity index (χ0n) is 7.84. The molecule has 0 aliphatic carbocycles. The van der Waals surface area contributed by atoms with E-state index in [0.29, 0.717) is 5.76 Å². The first-order chi connectivity index (χ1) is 6.77. The summed E-state index contributed by atoms with van der Waals surface area (Å²) in [5, 5.41) is 9.87. The van der Waals surface area contributed by atoms with E-state index in [9.17, 15) is 5.11 Å². The topological polar surface area (TPSA) is 46.3 Å². The average Bonchev–Trinajstić information content (AvgIpc) is 2.69. The summed E-state index contributed by atoms with van der Waals surface area (Å²) in [6, 6.07) is 5.38. The first-order valence-corrected chi connectivity index (χ1v) is 4.40. The molecule has 0 radical (unpaired) electrons. The highest BCUT2D eigenvalue weighted by Gasteiger charge is 2.12. The number of hydrogen-bond acceptors (Lipinski definition) is 3. The number of pyridine rings is 1. The standard InChI is InChI=1S/C11H11NO2/c1-8-5-9(7-12-6-8)11(13)10-3-2-4-14-10/h2-7,11,13H,1H3. The quantitative estimate of drug-likeness (QED) is 0.786. The van der Waals surface area contributed by atoms with Crippen LogP contribution in [0.1, 0.15) is 23.0 Å². The van der Waals surface area contributed by atoms with Crippen molar-refractivity contribution in [2.24, 2.45) is 0 Å². The summed E-state index contributed by atoms with van der Waals surface area (Å²) in [5.74, 6) is 0.539. The summed E-state index contributed by atoms with van der Waals surface area (Å²) in [6.07, 6.45) is 4.21. The maximum absolute atomic E-state index is 9.87. The first kappa shape index (κ1) is 8.97. The van der Waals surface area contributed by atoms with Crippen LogP contribution in [0, 0.1) is 6.92 Å². The highest BCUT2D eigenvalue weighted by Crippen LogP contribution is 2.21. The lowest BCUT2D eigenvalue weighted by Gasteiger charge is -2.07. The lowest BCUT2D eigenvalue weighted by Crippen LogP contribution is -1.98. The van der Waals surface area contributed by atoms with Gasteiger partial charge in [0.05, 0.1) is 6.26 Å². The summed E-state index contributed by atoms with van der Waals surface area (Å²) in [5.41, 5.74) is 1.77. The average molecular weight is 189 g/mol. The van der Waals surface area contributed by atoms with Crippen LogP contribution in [0.2, 0.25) is 0 Å². The molecule has 0 saturated heterocycles. The number of aliphatic hydroxyl groups is 1. The lowest BCUT2D eigenvalue weighted by atomic mass is 10.1. The second kappa shape index (κ2) is 3.64. The number of nitrogens with zero attached hydrogens (tertiary/aromatic N) is 1. The van der Waals surface area contributed by atoms with Crippen molar-refractivity contribution >= 4 is 0 Å². The van der Waals surface area contributed by atoms with Gasteiger partial charge in [0.25, 0.3) is 0 Å². The second-order valence-electron chi connectivity index (χ2n) is 3.21. The van der Waals surface area contributed by atoms with Gasteiger partial charge in [0.15, 0.2) is 0 Å². The molecule has 2 heterocycles. The number of rotatable bonds is 2. The minimum atomic E-state index is -0.725. The van der Waals surface area contributed by atoms with Gasteiger partial charge in [0.1, 0.15) is 11.9 Å². The molecular formula is C11H11NO2. The third-order valence-corrected chi connectivity index (χ3v) is 2.02.